The quantitative estimate of drug-likeness (QED) is 0.511. The highest BCUT2D eigenvalue weighted by atomic mass is 32.2. The number of nitrogen functional groups attached to an aromatic ring is 1. The third-order valence-corrected chi connectivity index (χ3v) is 5.52. The third kappa shape index (κ3) is 2.64. The van der Waals surface area contributed by atoms with Crippen molar-refractivity contribution < 1.29 is 0 Å². The summed E-state index contributed by atoms with van der Waals surface area (Å²) in [6, 6.07) is 7.40. The number of amidine groups is 1. The van der Waals surface area contributed by atoms with Crippen LogP contribution in [0, 0.1) is 5.41 Å². The maximum Gasteiger partial charge on any atom is 0.126 e. The molecule has 1 aromatic carbocycles. The number of rotatable bonds is 3. The molecule has 0 spiro atoms. The van der Waals surface area contributed by atoms with E-state index in [0.717, 1.165) is 29.2 Å². The molecule has 5 heteroatoms. The predicted octanol–water partition coefficient (Wildman–Crippen LogP) is 2.37. The highest BCUT2D eigenvalue weighted by molar-refractivity contribution is 7.98. The second-order valence-electron chi connectivity index (χ2n) is 6.06. The number of hydrogen-bond acceptors (Lipinski definition) is 4. The minimum atomic E-state index is 0.177. The number of piperazine rings is 1. The average Bonchev–Trinajstić information content (AvgIpc) is 2.92. The topological polar surface area (TPSA) is 56.4 Å². The molecule has 114 valence electrons. The summed E-state index contributed by atoms with van der Waals surface area (Å²) in [7, 11) is 0. The summed E-state index contributed by atoms with van der Waals surface area (Å²) in [5.74, 6) is 0.177. The third-order valence-electron chi connectivity index (χ3n) is 4.74. The fraction of sp³-hybridized carbons (Fsp3) is 0.562. The van der Waals surface area contributed by atoms with E-state index < -0.39 is 0 Å². The first-order valence-electron chi connectivity index (χ1n) is 7.64. The standard InChI is InChI=1S/C16H24N4S/c1-11-9-19-8-4-5-12(19)10-20(11)13-6-3-7-14(21-2)15(13)16(17)18/h3,6-7,11-12H,4-5,8-10H2,1-2H3,(H3,17,18). The number of hydrogen-bond donors (Lipinski definition) is 2. The van der Waals surface area contributed by atoms with Crippen LogP contribution in [0.4, 0.5) is 5.69 Å². The van der Waals surface area contributed by atoms with Gasteiger partial charge in [0.15, 0.2) is 0 Å². The molecule has 0 aromatic heterocycles. The van der Waals surface area contributed by atoms with E-state index in [9.17, 15) is 0 Å². The van der Waals surface area contributed by atoms with Crippen molar-refractivity contribution in [3.8, 4) is 0 Å². The Kier molecular flexibility index (Phi) is 4.13. The number of benzene rings is 1. The largest absolute Gasteiger partial charge is 0.384 e. The van der Waals surface area contributed by atoms with Crippen LogP contribution in [0.25, 0.3) is 0 Å². The Morgan fingerprint density at radius 2 is 2.19 bits per heavy atom. The van der Waals surface area contributed by atoms with Crippen molar-refractivity contribution in [1.82, 2.24) is 4.90 Å². The Balaban J connectivity index is 1.97. The second-order valence-corrected chi connectivity index (χ2v) is 6.91. The van der Waals surface area contributed by atoms with Crippen LogP contribution in [0.1, 0.15) is 25.3 Å². The first-order valence-corrected chi connectivity index (χ1v) is 8.86. The van der Waals surface area contributed by atoms with Crippen molar-refractivity contribution in [2.24, 2.45) is 5.73 Å². The first-order chi connectivity index (χ1) is 10.1. The molecule has 21 heavy (non-hydrogen) atoms. The van der Waals surface area contributed by atoms with E-state index >= 15 is 0 Å². The first kappa shape index (κ1) is 14.7. The van der Waals surface area contributed by atoms with Gasteiger partial charge >= 0.3 is 0 Å². The summed E-state index contributed by atoms with van der Waals surface area (Å²) < 4.78 is 0. The molecule has 0 saturated carbocycles. The molecule has 0 bridgehead atoms. The predicted molar refractivity (Wildman–Crippen MR) is 90.6 cm³/mol. The zero-order valence-electron chi connectivity index (χ0n) is 12.8. The number of thioether (sulfide) groups is 1. The van der Waals surface area contributed by atoms with Crippen molar-refractivity contribution in [3.63, 3.8) is 0 Å². The summed E-state index contributed by atoms with van der Waals surface area (Å²) in [5, 5.41) is 7.98. The molecule has 4 nitrogen and oxygen atoms in total. The Hall–Kier alpha value is -1.20. The van der Waals surface area contributed by atoms with Gasteiger partial charge < -0.3 is 10.6 Å². The zero-order chi connectivity index (χ0) is 15.0. The maximum absolute atomic E-state index is 7.98. The van der Waals surface area contributed by atoms with Gasteiger partial charge in [-0.1, -0.05) is 6.07 Å². The van der Waals surface area contributed by atoms with E-state index in [2.05, 4.69) is 34.9 Å². The molecule has 2 saturated heterocycles. The van der Waals surface area contributed by atoms with Crippen LogP contribution in [0.2, 0.25) is 0 Å². The molecule has 2 unspecified atom stereocenters. The van der Waals surface area contributed by atoms with E-state index in [1.165, 1.54) is 19.4 Å². The average molecular weight is 304 g/mol. The monoisotopic (exact) mass is 304 g/mol. The summed E-state index contributed by atoms with van der Waals surface area (Å²) >= 11 is 1.66. The Bertz CT molecular complexity index is 545. The molecule has 0 amide bonds. The van der Waals surface area contributed by atoms with Crippen molar-refractivity contribution in [2.45, 2.75) is 36.7 Å². The Morgan fingerprint density at radius 3 is 2.90 bits per heavy atom. The fourth-order valence-corrected chi connectivity index (χ4v) is 4.36. The maximum atomic E-state index is 7.98. The minimum absolute atomic E-state index is 0.177. The highest BCUT2D eigenvalue weighted by Crippen LogP contribution is 2.34. The molecule has 0 aliphatic carbocycles. The van der Waals surface area contributed by atoms with Crippen LogP contribution >= 0.6 is 11.8 Å². The van der Waals surface area contributed by atoms with Gasteiger partial charge in [-0.05, 0) is 44.7 Å². The van der Waals surface area contributed by atoms with Gasteiger partial charge in [-0.15, -0.1) is 11.8 Å². The molecule has 3 rings (SSSR count). The molecular formula is C16H24N4S. The summed E-state index contributed by atoms with van der Waals surface area (Å²) in [5.41, 5.74) is 7.92. The highest BCUT2D eigenvalue weighted by Gasteiger charge is 2.35. The van der Waals surface area contributed by atoms with E-state index in [1.54, 1.807) is 11.8 Å². The van der Waals surface area contributed by atoms with Crippen LogP contribution < -0.4 is 10.6 Å². The van der Waals surface area contributed by atoms with Gasteiger partial charge in [0.25, 0.3) is 0 Å². The number of nitrogens with two attached hydrogens (primary N) is 1. The van der Waals surface area contributed by atoms with Crippen LogP contribution in [-0.2, 0) is 0 Å². The fourth-order valence-electron chi connectivity index (χ4n) is 3.72. The summed E-state index contributed by atoms with van der Waals surface area (Å²) in [6.45, 7) is 5.70. The lowest BCUT2D eigenvalue weighted by Crippen LogP contribution is -2.55. The molecular weight excluding hydrogens is 280 g/mol. The van der Waals surface area contributed by atoms with Crippen LogP contribution in [0.5, 0.6) is 0 Å². The van der Waals surface area contributed by atoms with Crippen LogP contribution in [0.15, 0.2) is 23.1 Å². The van der Waals surface area contributed by atoms with Crippen molar-refractivity contribution in [2.75, 3.05) is 30.8 Å². The van der Waals surface area contributed by atoms with Gasteiger partial charge in [-0.25, -0.2) is 0 Å². The Morgan fingerprint density at radius 1 is 1.38 bits per heavy atom. The van der Waals surface area contributed by atoms with Crippen LogP contribution in [0.3, 0.4) is 0 Å². The second kappa shape index (κ2) is 5.89. The lowest BCUT2D eigenvalue weighted by Gasteiger charge is -2.44. The molecule has 0 radical (unpaired) electrons. The van der Waals surface area contributed by atoms with E-state index in [4.69, 9.17) is 11.1 Å². The summed E-state index contributed by atoms with van der Waals surface area (Å²) in [6.07, 6.45) is 4.65. The smallest absolute Gasteiger partial charge is 0.126 e. The van der Waals surface area contributed by atoms with Gasteiger partial charge in [0, 0.05) is 35.8 Å². The molecule has 1 aromatic rings. The van der Waals surface area contributed by atoms with Gasteiger partial charge in [-0.2, -0.15) is 0 Å². The lowest BCUT2D eigenvalue weighted by atomic mass is 10.0. The van der Waals surface area contributed by atoms with Crippen molar-refractivity contribution >= 4 is 23.3 Å². The molecule has 2 heterocycles. The molecule has 2 atom stereocenters. The number of fused-ring (bicyclic) bond motifs is 1. The van der Waals surface area contributed by atoms with Gasteiger partial charge in [-0.3, -0.25) is 10.3 Å². The minimum Gasteiger partial charge on any atom is -0.384 e. The van der Waals surface area contributed by atoms with E-state index in [-0.39, 0.29) is 5.84 Å². The lowest BCUT2D eigenvalue weighted by molar-refractivity contribution is 0.203. The molecule has 2 aliphatic heterocycles. The van der Waals surface area contributed by atoms with Crippen molar-refractivity contribution in [3.05, 3.63) is 23.8 Å². The Labute approximate surface area is 131 Å². The van der Waals surface area contributed by atoms with Gasteiger partial charge in [0.2, 0.25) is 0 Å². The molecule has 2 aliphatic rings. The summed E-state index contributed by atoms with van der Waals surface area (Å²) in [4.78, 5) is 6.18. The van der Waals surface area contributed by atoms with Gasteiger partial charge in [0.05, 0.1) is 5.56 Å². The number of anilines is 1. The van der Waals surface area contributed by atoms with E-state index in [1.807, 2.05) is 6.26 Å². The zero-order valence-corrected chi connectivity index (χ0v) is 13.6. The van der Waals surface area contributed by atoms with Gasteiger partial charge in [0.1, 0.15) is 5.84 Å². The SMILES string of the molecule is CSc1cccc(N2CC3CCCN3CC2C)c1C(=N)N. The number of nitrogens with one attached hydrogen (secondary N) is 1. The van der Waals surface area contributed by atoms with Crippen LogP contribution in [-0.4, -0.2) is 48.7 Å². The molecule has 3 N–H and O–H groups in total. The molecule has 2 fully saturated rings. The normalized spacial score (nSPS) is 25.9. The number of nitrogens with zero attached hydrogens (tertiary/aromatic N) is 2. The van der Waals surface area contributed by atoms with E-state index in [0.29, 0.717) is 12.1 Å². The van der Waals surface area contributed by atoms with Crippen molar-refractivity contribution in [1.29, 1.82) is 5.41 Å².